The summed E-state index contributed by atoms with van der Waals surface area (Å²) in [4.78, 5) is 17.7. The maximum Gasteiger partial charge on any atom is 0.280 e. The van der Waals surface area contributed by atoms with Crippen molar-refractivity contribution in [2.45, 2.75) is 11.8 Å². The number of aromatic nitrogens is 3. The van der Waals surface area contributed by atoms with E-state index >= 15 is 0 Å². The van der Waals surface area contributed by atoms with Gasteiger partial charge in [0.25, 0.3) is 5.56 Å². The number of pyridine rings is 1. The fourth-order valence-electron chi connectivity index (χ4n) is 2.90. The minimum Gasteiger partial charge on any atom is -0.293 e. The van der Waals surface area contributed by atoms with Gasteiger partial charge in [-0.05, 0) is 36.8 Å². The molecule has 0 fully saturated rings. The van der Waals surface area contributed by atoms with Crippen molar-refractivity contribution in [2.75, 3.05) is 21.1 Å². The zero-order valence-corrected chi connectivity index (χ0v) is 16.8. The third kappa shape index (κ3) is 3.24. The van der Waals surface area contributed by atoms with Crippen molar-refractivity contribution < 1.29 is 4.21 Å². The van der Waals surface area contributed by atoms with Gasteiger partial charge in [-0.1, -0.05) is 12.1 Å². The molecule has 0 unspecified atom stereocenters. The number of rotatable bonds is 4. The van der Waals surface area contributed by atoms with Gasteiger partial charge in [-0.2, -0.15) is 5.26 Å². The first-order valence-electron chi connectivity index (χ1n) is 8.43. The second-order valence-electron chi connectivity index (χ2n) is 6.29. The molecule has 3 aromatic rings. The first kappa shape index (κ1) is 19.5. The Morgan fingerprint density at radius 3 is 2.39 bits per heavy atom. The summed E-state index contributed by atoms with van der Waals surface area (Å²) >= 11 is 0. The minimum absolute atomic E-state index is 0.254. The molecule has 0 bridgehead atoms. The zero-order valence-electron chi connectivity index (χ0n) is 16.0. The van der Waals surface area contributed by atoms with Gasteiger partial charge in [0.15, 0.2) is 5.82 Å². The highest BCUT2D eigenvalue weighted by molar-refractivity contribution is 7.91. The monoisotopic (exact) mass is 396 g/mol. The van der Waals surface area contributed by atoms with E-state index in [9.17, 15) is 9.00 Å². The third-order valence-corrected chi connectivity index (χ3v) is 6.71. The number of benzene rings is 1. The second-order valence-corrected chi connectivity index (χ2v) is 8.85. The van der Waals surface area contributed by atoms with E-state index in [1.54, 1.807) is 57.4 Å². The molecule has 0 saturated carbocycles. The van der Waals surface area contributed by atoms with Crippen LogP contribution < -0.4 is 5.56 Å². The van der Waals surface area contributed by atoms with Gasteiger partial charge in [0.1, 0.15) is 9.92 Å². The first-order valence-corrected chi connectivity index (χ1v) is 9.90. The van der Waals surface area contributed by atoms with E-state index in [-0.39, 0.29) is 5.56 Å². The number of aryl methyl sites for hydroxylation is 1. The molecule has 1 aromatic carbocycles. The molecule has 0 aliphatic heterocycles. The molecule has 8 nitrogen and oxygen atoms in total. The second kappa shape index (κ2) is 7.42. The van der Waals surface area contributed by atoms with Crippen LogP contribution in [0.1, 0.15) is 11.3 Å². The number of nitrogens with zero attached hydrogens (tertiary/aromatic N) is 5. The maximum atomic E-state index is 12.9. The van der Waals surface area contributed by atoms with Gasteiger partial charge in [-0.15, -0.1) is 0 Å². The lowest BCUT2D eigenvalue weighted by atomic mass is 10.1. The molecule has 2 aromatic heterocycles. The molecule has 28 heavy (non-hydrogen) atoms. The summed E-state index contributed by atoms with van der Waals surface area (Å²) < 4.78 is 19.8. The first-order chi connectivity index (χ1) is 13.3. The summed E-state index contributed by atoms with van der Waals surface area (Å²) in [7, 11) is 2.16. The molecule has 2 heterocycles. The lowest BCUT2D eigenvalue weighted by Crippen LogP contribution is -2.22. The molecular weight excluding hydrogens is 376 g/mol. The van der Waals surface area contributed by atoms with Gasteiger partial charge in [0.05, 0.1) is 22.1 Å². The van der Waals surface area contributed by atoms with E-state index in [2.05, 4.69) is 20.5 Å². The maximum absolute atomic E-state index is 12.9. The normalized spacial score (nSPS) is 13.1. The number of nitriles is 1. The Bertz CT molecular complexity index is 1220. The van der Waals surface area contributed by atoms with E-state index in [0.29, 0.717) is 33.1 Å². The highest BCUT2D eigenvalue weighted by Gasteiger charge is 2.18. The van der Waals surface area contributed by atoms with Gasteiger partial charge in [-0.3, -0.25) is 9.89 Å². The number of nitrogens with one attached hydrogen (secondary N) is 1. The molecule has 0 aliphatic rings. The van der Waals surface area contributed by atoms with Crippen molar-refractivity contribution in [2.24, 2.45) is 4.36 Å². The van der Waals surface area contributed by atoms with Crippen LogP contribution >= 0.6 is 0 Å². The minimum atomic E-state index is -2.71. The largest absolute Gasteiger partial charge is 0.293 e. The van der Waals surface area contributed by atoms with Crippen molar-refractivity contribution in [1.29, 1.82) is 5.26 Å². The van der Waals surface area contributed by atoms with Crippen LogP contribution in [0.25, 0.3) is 16.9 Å². The van der Waals surface area contributed by atoms with Crippen LogP contribution in [0.15, 0.2) is 56.6 Å². The van der Waals surface area contributed by atoms with Crippen LogP contribution in [-0.4, -0.2) is 44.4 Å². The van der Waals surface area contributed by atoms with Crippen molar-refractivity contribution >= 4 is 9.92 Å². The van der Waals surface area contributed by atoms with Crippen molar-refractivity contribution in [3.63, 3.8) is 0 Å². The fourth-order valence-corrected chi connectivity index (χ4v) is 4.30. The lowest BCUT2D eigenvalue weighted by Gasteiger charge is -2.16. The van der Waals surface area contributed by atoms with Gasteiger partial charge >= 0.3 is 0 Å². The number of hydrogen-bond acceptors (Lipinski definition) is 5. The van der Waals surface area contributed by atoms with E-state index in [0.717, 1.165) is 0 Å². The van der Waals surface area contributed by atoms with Gasteiger partial charge in [-0.25, -0.2) is 22.5 Å². The topological polar surface area (TPSA) is 107 Å². The molecule has 3 rings (SSSR count). The quantitative estimate of drug-likeness (QED) is 0.730. The van der Waals surface area contributed by atoms with E-state index in [4.69, 9.17) is 5.26 Å². The Morgan fingerprint density at radius 2 is 1.89 bits per heavy atom. The summed E-state index contributed by atoms with van der Waals surface area (Å²) in [5.41, 5.74) is 2.18. The van der Waals surface area contributed by atoms with Crippen molar-refractivity contribution in [3.8, 4) is 23.0 Å². The van der Waals surface area contributed by atoms with Crippen LogP contribution in [0, 0.1) is 18.3 Å². The van der Waals surface area contributed by atoms with Gasteiger partial charge in [0, 0.05) is 33.0 Å². The van der Waals surface area contributed by atoms with Crippen LogP contribution in [0.4, 0.5) is 0 Å². The summed E-state index contributed by atoms with van der Waals surface area (Å²) in [6.07, 6.45) is 1.47. The smallest absolute Gasteiger partial charge is 0.280 e. The SMILES string of the molecule is CN=[S@](=O)(c1ccc(-n2[nH]c(C)c(-c3ccc(C#N)cc3)c2=O)nc1)N(C)C. The van der Waals surface area contributed by atoms with Crippen LogP contribution in [0.3, 0.4) is 0 Å². The molecule has 1 atom stereocenters. The average Bonchev–Trinajstić information content (AvgIpc) is 3.01. The summed E-state index contributed by atoms with van der Waals surface area (Å²) in [6.45, 7) is 1.80. The molecule has 1 N–H and O–H groups in total. The van der Waals surface area contributed by atoms with Crippen LogP contribution in [0.2, 0.25) is 0 Å². The summed E-state index contributed by atoms with van der Waals surface area (Å²) in [5, 5.41) is 12.0. The standard InChI is InChI=1S/C19H20N6O2S/c1-13-18(15-7-5-14(11-20)6-8-15)19(26)25(23-13)17-10-9-16(12-22-17)28(27,21-2)24(3)4/h5-10,12,23H,1-4H3/t28-/m1/s1. The highest BCUT2D eigenvalue weighted by atomic mass is 32.2. The molecule has 0 saturated heterocycles. The fraction of sp³-hybridized carbons (Fsp3) is 0.211. The van der Waals surface area contributed by atoms with E-state index in [1.165, 1.54) is 22.2 Å². The number of aromatic amines is 1. The van der Waals surface area contributed by atoms with Crippen molar-refractivity contribution in [1.82, 2.24) is 19.1 Å². The molecule has 0 amide bonds. The van der Waals surface area contributed by atoms with Gasteiger partial charge in [0.2, 0.25) is 0 Å². The molecule has 0 aliphatic carbocycles. The van der Waals surface area contributed by atoms with Gasteiger partial charge < -0.3 is 0 Å². The summed E-state index contributed by atoms with van der Waals surface area (Å²) in [5.74, 6) is 0.383. The summed E-state index contributed by atoms with van der Waals surface area (Å²) in [6, 6.07) is 12.2. The van der Waals surface area contributed by atoms with E-state index in [1.807, 2.05) is 0 Å². The number of hydrogen-bond donors (Lipinski definition) is 1. The predicted octanol–water partition coefficient (Wildman–Crippen LogP) is 2.34. The molecular formula is C19H20N6O2S. The highest BCUT2D eigenvalue weighted by Crippen LogP contribution is 2.21. The molecule has 0 spiro atoms. The Morgan fingerprint density at radius 1 is 1.21 bits per heavy atom. The zero-order chi connectivity index (χ0) is 20.5. The third-order valence-electron chi connectivity index (χ3n) is 4.37. The Kier molecular flexibility index (Phi) is 5.18. The lowest BCUT2D eigenvalue weighted by molar-refractivity contribution is 0.590. The molecule has 9 heteroatoms. The molecule has 144 valence electrons. The Labute approximate surface area is 163 Å². The number of H-pyrrole nitrogens is 1. The van der Waals surface area contributed by atoms with E-state index < -0.39 is 9.92 Å². The van der Waals surface area contributed by atoms with Crippen molar-refractivity contribution in [3.05, 3.63) is 64.2 Å². The predicted molar refractivity (Wildman–Crippen MR) is 108 cm³/mol. The molecule has 0 radical (unpaired) electrons. The Balaban J connectivity index is 2.05. The van der Waals surface area contributed by atoms with Crippen LogP contribution in [-0.2, 0) is 9.92 Å². The van der Waals surface area contributed by atoms with Crippen LogP contribution in [0.5, 0.6) is 0 Å². The average molecular weight is 396 g/mol. The Hall–Kier alpha value is -3.22.